The number of aliphatic imine (C=N–C) groups is 2. The molecular weight excluding hydrogens is 380 g/mol. The lowest BCUT2D eigenvalue weighted by Gasteiger charge is -2.06. The van der Waals surface area contributed by atoms with Crippen molar-refractivity contribution in [3.8, 4) is 23.0 Å². The average Bonchev–Trinajstić information content (AvgIpc) is 2.74. The summed E-state index contributed by atoms with van der Waals surface area (Å²) in [6.45, 7) is 4.83. The molecule has 0 heterocycles. The van der Waals surface area contributed by atoms with E-state index in [2.05, 4.69) is 9.98 Å². The van der Waals surface area contributed by atoms with Crippen molar-refractivity contribution < 1.29 is 19.7 Å². The topological polar surface area (TPSA) is 83.6 Å². The zero-order valence-electron chi connectivity index (χ0n) is 16.9. The second kappa shape index (κ2) is 10.1. The monoisotopic (exact) mass is 404 g/mol. The lowest BCUT2D eigenvalue weighted by Crippen LogP contribution is -1.92. The summed E-state index contributed by atoms with van der Waals surface area (Å²) >= 11 is 0. The van der Waals surface area contributed by atoms with E-state index in [1.807, 2.05) is 38.1 Å². The van der Waals surface area contributed by atoms with Gasteiger partial charge in [-0.05, 0) is 50.2 Å². The Morgan fingerprint density at radius 3 is 1.50 bits per heavy atom. The molecule has 0 aromatic heterocycles. The van der Waals surface area contributed by atoms with Gasteiger partial charge in [0.15, 0.2) is 0 Å². The van der Waals surface area contributed by atoms with Gasteiger partial charge in [-0.1, -0.05) is 12.1 Å². The molecule has 0 atom stereocenters. The molecule has 2 N–H and O–H groups in total. The maximum Gasteiger partial charge on any atom is 0.128 e. The van der Waals surface area contributed by atoms with Gasteiger partial charge in [0.25, 0.3) is 0 Å². The largest absolute Gasteiger partial charge is 0.507 e. The average molecular weight is 404 g/mol. The highest BCUT2D eigenvalue weighted by Gasteiger charge is 2.04. The Morgan fingerprint density at radius 1 is 0.700 bits per heavy atom. The minimum Gasteiger partial charge on any atom is -0.507 e. The molecule has 154 valence electrons. The van der Waals surface area contributed by atoms with Crippen molar-refractivity contribution in [2.75, 3.05) is 13.2 Å². The highest BCUT2D eigenvalue weighted by Crippen LogP contribution is 2.29. The number of hydrogen-bond donors (Lipinski definition) is 2. The third-order valence-corrected chi connectivity index (χ3v) is 4.19. The van der Waals surface area contributed by atoms with Crippen molar-refractivity contribution in [2.45, 2.75) is 13.8 Å². The number of benzene rings is 3. The van der Waals surface area contributed by atoms with Gasteiger partial charge in [0.2, 0.25) is 0 Å². The first kappa shape index (κ1) is 20.9. The van der Waals surface area contributed by atoms with E-state index in [1.54, 1.807) is 48.8 Å². The number of para-hydroxylation sites is 2. The number of phenols is 2. The van der Waals surface area contributed by atoms with Gasteiger partial charge < -0.3 is 19.7 Å². The van der Waals surface area contributed by atoms with E-state index in [0.29, 0.717) is 47.2 Å². The van der Waals surface area contributed by atoms with E-state index in [4.69, 9.17) is 9.47 Å². The van der Waals surface area contributed by atoms with Crippen LogP contribution in [0.2, 0.25) is 0 Å². The van der Waals surface area contributed by atoms with Gasteiger partial charge in [0.05, 0.1) is 24.6 Å². The summed E-state index contributed by atoms with van der Waals surface area (Å²) in [6.07, 6.45) is 3.15. The van der Waals surface area contributed by atoms with Crippen molar-refractivity contribution in [1.29, 1.82) is 0 Å². The summed E-state index contributed by atoms with van der Waals surface area (Å²) in [5.41, 5.74) is 2.41. The minimum absolute atomic E-state index is 0.0880. The molecule has 0 spiro atoms. The van der Waals surface area contributed by atoms with Crippen LogP contribution >= 0.6 is 0 Å². The summed E-state index contributed by atoms with van der Waals surface area (Å²) in [7, 11) is 0. The molecule has 0 bridgehead atoms. The van der Waals surface area contributed by atoms with Crippen molar-refractivity contribution >= 4 is 23.8 Å². The first-order valence-corrected chi connectivity index (χ1v) is 9.69. The Bertz CT molecular complexity index is 976. The molecule has 0 fully saturated rings. The van der Waals surface area contributed by atoms with Gasteiger partial charge in [0.1, 0.15) is 23.0 Å². The number of aromatic hydroxyl groups is 2. The van der Waals surface area contributed by atoms with Crippen LogP contribution in [0.5, 0.6) is 23.0 Å². The summed E-state index contributed by atoms with van der Waals surface area (Å²) < 4.78 is 10.8. The van der Waals surface area contributed by atoms with E-state index in [1.165, 1.54) is 0 Å². The maximum atomic E-state index is 10.2. The van der Waals surface area contributed by atoms with Crippen LogP contribution in [0.1, 0.15) is 25.0 Å². The highest BCUT2D eigenvalue weighted by molar-refractivity contribution is 5.89. The Morgan fingerprint density at radius 2 is 1.13 bits per heavy atom. The van der Waals surface area contributed by atoms with E-state index in [9.17, 15) is 10.2 Å². The first-order chi connectivity index (χ1) is 14.6. The van der Waals surface area contributed by atoms with Crippen LogP contribution in [0, 0.1) is 0 Å². The van der Waals surface area contributed by atoms with Crippen molar-refractivity contribution in [3.05, 3.63) is 71.8 Å². The summed E-state index contributed by atoms with van der Waals surface area (Å²) in [5, 5.41) is 20.3. The Labute approximate surface area is 175 Å². The van der Waals surface area contributed by atoms with E-state index >= 15 is 0 Å². The van der Waals surface area contributed by atoms with Crippen LogP contribution in [-0.2, 0) is 0 Å². The van der Waals surface area contributed by atoms with Crippen molar-refractivity contribution in [2.24, 2.45) is 9.98 Å². The molecular formula is C24H24N2O4. The SMILES string of the molecule is CCOc1ccc(C=Nc2ccccc2N=Cc2ccc(OCC)cc2O)c(O)c1. The Hall–Kier alpha value is -3.80. The molecule has 6 heteroatoms. The molecule has 0 aliphatic heterocycles. The maximum absolute atomic E-state index is 10.2. The quantitative estimate of drug-likeness (QED) is 0.493. The van der Waals surface area contributed by atoms with Crippen LogP contribution in [0.3, 0.4) is 0 Å². The molecule has 6 nitrogen and oxygen atoms in total. The molecule has 3 rings (SSSR count). The van der Waals surface area contributed by atoms with Gasteiger partial charge in [-0.15, -0.1) is 0 Å². The van der Waals surface area contributed by atoms with Crippen molar-refractivity contribution in [3.63, 3.8) is 0 Å². The minimum atomic E-state index is 0.0880. The second-order valence-corrected chi connectivity index (χ2v) is 6.31. The zero-order valence-corrected chi connectivity index (χ0v) is 16.9. The third kappa shape index (κ3) is 5.38. The molecule has 3 aromatic carbocycles. The summed E-state index contributed by atoms with van der Waals surface area (Å²) in [6, 6.07) is 17.5. The number of hydrogen-bond acceptors (Lipinski definition) is 6. The first-order valence-electron chi connectivity index (χ1n) is 9.69. The van der Waals surface area contributed by atoms with Gasteiger partial charge in [0, 0.05) is 35.7 Å². The third-order valence-electron chi connectivity index (χ3n) is 4.19. The molecule has 0 aliphatic rings. The predicted octanol–water partition coefficient (Wildman–Crippen LogP) is 5.40. The number of rotatable bonds is 8. The summed E-state index contributed by atoms with van der Waals surface area (Å²) in [5.74, 6) is 1.38. The zero-order chi connectivity index (χ0) is 21.3. The summed E-state index contributed by atoms with van der Waals surface area (Å²) in [4.78, 5) is 8.93. The Balaban J connectivity index is 1.81. The van der Waals surface area contributed by atoms with Gasteiger partial charge in [-0.3, -0.25) is 9.98 Å². The number of nitrogens with zero attached hydrogens (tertiary/aromatic N) is 2. The van der Waals surface area contributed by atoms with Gasteiger partial charge in [-0.2, -0.15) is 0 Å². The molecule has 0 saturated heterocycles. The molecule has 0 saturated carbocycles. The smallest absolute Gasteiger partial charge is 0.128 e. The number of ether oxygens (including phenoxy) is 2. The fourth-order valence-electron chi connectivity index (χ4n) is 2.74. The van der Waals surface area contributed by atoms with Gasteiger partial charge >= 0.3 is 0 Å². The molecule has 0 unspecified atom stereocenters. The molecule has 0 amide bonds. The molecule has 0 aliphatic carbocycles. The van der Waals surface area contributed by atoms with Crippen LogP contribution < -0.4 is 9.47 Å². The number of phenolic OH excluding ortho intramolecular Hbond substituents is 2. The Kier molecular flexibility index (Phi) is 7.05. The normalized spacial score (nSPS) is 11.3. The van der Waals surface area contributed by atoms with E-state index in [-0.39, 0.29) is 11.5 Å². The van der Waals surface area contributed by atoms with Gasteiger partial charge in [-0.25, -0.2) is 0 Å². The van der Waals surface area contributed by atoms with Crippen molar-refractivity contribution in [1.82, 2.24) is 0 Å². The highest BCUT2D eigenvalue weighted by atomic mass is 16.5. The van der Waals surface area contributed by atoms with Crippen LogP contribution in [-0.4, -0.2) is 35.9 Å². The fourth-order valence-corrected chi connectivity index (χ4v) is 2.74. The lowest BCUT2D eigenvalue weighted by atomic mass is 10.2. The van der Waals surface area contributed by atoms with E-state index in [0.717, 1.165) is 0 Å². The second-order valence-electron chi connectivity index (χ2n) is 6.31. The van der Waals surface area contributed by atoms with Crippen LogP contribution in [0.15, 0.2) is 70.6 Å². The standard InChI is InChI=1S/C24H24N2O4/c1-3-29-19-11-9-17(23(27)13-19)15-25-21-7-5-6-8-22(21)26-16-18-10-12-20(30-4-2)14-24(18)28/h5-16,27-28H,3-4H2,1-2H3. The van der Waals surface area contributed by atoms with Crippen LogP contribution in [0.4, 0.5) is 11.4 Å². The van der Waals surface area contributed by atoms with E-state index < -0.39 is 0 Å². The molecule has 3 aromatic rings. The van der Waals surface area contributed by atoms with Crippen LogP contribution in [0.25, 0.3) is 0 Å². The fraction of sp³-hybridized carbons (Fsp3) is 0.167. The molecule has 0 radical (unpaired) electrons. The predicted molar refractivity (Wildman–Crippen MR) is 120 cm³/mol. The molecule has 30 heavy (non-hydrogen) atoms. The lowest BCUT2D eigenvalue weighted by molar-refractivity contribution is 0.337.